The first-order valence-electron chi connectivity index (χ1n) is 7.04. The molecule has 0 unspecified atom stereocenters. The fourth-order valence-electron chi connectivity index (χ4n) is 1.91. The second-order valence-electron chi connectivity index (χ2n) is 4.89. The van der Waals surface area contributed by atoms with Crippen LogP contribution in [0.25, 0.3) is 6.08 Å². The van der Waals surface area contributed by atoms with E-state index < -0.39 is 11.9 Å². The second-order valence-corrected chi connectivity index (χ2v) is 4.89. The van der Waals surface area contributed by atoms with Crippen molar-refractivity contribution in [1.82, 2.24) is 5.32 Å². The van der Waals surface area contributed by atoms with Gasteiger partial charge in [0.05, 0.1) is 0 Å². The summed E-state index contributed by atoms with van der Waals surface area (Å²) in [5.74, 6) is -0.937. The van der Waals surface area contributed by atoms with E-state index in [1.54, 1.807) is 24.3 Å². The number of carboxylic acid groups (broad SMARTS) is 1. The number of benzene rings is 2. The normalized spacial score (nSPS) is 10.9. The maximum Gasteiger partial charge on any atom is 0.352 e. The molecule has 2 aromatic rings. The van der Waals surface area contributed by atoms with Crippen molar-refractivity contribution in [2.24, 2.45) is 0 Å². The summed E-state index contributed by atoms with van der Waals surface area (Å²) >= 11 is 0. The third-order valence-electron chi connectivity index (χ3n) is 2.98. The minimum absolute atomic E-state index is 0.171. The lowest BCUT2D eigenvalue weighted by Gasteiger charge is -2.07. The van der Waals surface area contributed by atoms with Gasteiger partial charge in [-0.1, -0.05) is 42.5 Å². The van der Waals surface area contributed by atoms with E-state index in [4.69, 9.17) is 9.84 Å². The van der Waals surface area contributed by atoms with Crippen molar-refractivity contribution in [1.29, 1.82) is 0 Å². The van der Waals surface area contributed by atoms with Gasteiger partial charge < -0.3 is 15.2 Å². The van der Waals surface area contributed by atoms with Crippen molar-refractivity contribution in [3.05, 3.63) is 71.4 Å². The Hall–Kier alpha value is -3.08. The molecule has 1 amide bonds. The highest BCUT2D eigenvalue weighted by Gasteiger charge is 2.08. The summed E-state index contributed by atoms with van der Waals surface area (Å²) in [5.41, 5.74) is 1.55. The Balaban J connectivity index is 2.03. The van der Waals surface area contributed by atoms with Crippen LogP contribution in [-0.4, -0.2) is 17.0 Å². The third-order valence-corrected chi connectivity index (χ3v) is 2.98. The number of hydrogen-bond acceptors (Lipinski definition) is 3. The van der Waals surface area contributed by atoms with Gasteiger partial charge in [-0.3, -0.25) is 4.79 Å². The predicted octanol–water partition coefficient (Wildman–Crippen LogP) is 2.83. The molecule has 2 aromatic carbocycles. The molecule has 0 aromatic heterocycles. The lowest BCUT2D eigenvalue weighted by molar-refractivity contribution is -0.134. The molecule has 0 radical (unpaired) electrons. The molecule has 118 valence electrons. The van der Waals surface area contributed by atoms with Crippen molar-refractivity contribution in [3.63, 3.8) is 0 Å². The zero-order chi connectivity index (χ0) is 16.7. The minimum Gasteiger partial charge on any atom is -0.489 e. The maximum atomic E-state index is 11.1. The van der Waals surface area contributed by atoms with Gasteiger partial charge in [0.25, 0.3) is 0 Å². The summed E-state index contributed by atoms with van der Waals surface area (Å²) in [5, 5.41) is 11.3. The summed E-state index contributed by atoms with van der Waals surface area (Å²) in [6.07, 6.45) is 1.39. The van der Waals surface area contributed by atoms with E-state index in [0.29, 0.717) is 17.9 Å². The van der Waals surface area contributed by atoms with E-state index in [2.05, 4.69) is 5.32 Å². The highest BCUT2D eigenvalue weighted by molar-refractivity contribution is 5.96. The van der Waals surface area contributed by atoms with Crippen LogP contribution in [0.15, 0.2) is 60.3 Å². The van der Waals surface area contributed by atoms with E-state index in [9.17, 15) is 9.59 Å². The standard InChI is InChI=1S/C18H17NO4/c1-13(20)19-17(18(21)22)11-14-7-9-16(10-8-14)23-12-15-5-3-2-4-6-15/h2-11H,12H2,1H3,(H,19,20)(H,21,22)/b17-11+. The van der Waals surface area contributed by atoms with E-state index in [1.165, 1.54) is 13.0 Å². The zero-order valence-corrected chi connectivity index (χ0v) is 12.7. The average molecular weight is 311 g/mol. The first kappa shape index (κ1) is 16.3. The van der Waals surface area contributed by atoms with E-state index in [0.717, 1.165) is 5.56 Å². The highest BCUT2D eigenvalue weighted by Crippen LogP contribution is 2.16. The number of hydrogen-bond donors (Lipinski definition) is 2. The van der Waals surface area contributed by atoms with Gasteiger partial charge in [-0.15, -0.1) is 0 Å². The molecular weight excluding hydrogens is 294 g/mol. The van der Waals surface area contributed by atoms with Gasteiger partial charge in [-0.2, -0.15) is 0 Å². The smallest absolute Gasteiger partial charge is 0.352 e. The topological polar surface area (TPSA) is 75.6 Å². The molecular formula is C18H17NO4. The highest BCUT2D eigenvalue weighted by atomic mass is 16.5. The van der Waals surface area contributed by atoms with E-state index in [-0.39, 0.29) is 5.70 Å². The summed E-state index contributed by atoms with van der Waals surface area (Å²) in [4.78, 5) is 22.0. The van der Waals surface area contributed by atoms with Gasteiger partial charge in [0.2, 0.25) is 5.91 Å². The Morgan fingerprint density at radius 1 is 1.09 bits per heavy atom. The fraction of sp³-hybridized carbons (Fsp3) is 0.111. The quantitative estimate of drug-likeness (QED) is 0.804. The van der Waals surface area contributed by atoms with Crippen LogP contribution in [0.1, 0.15) is 18.1 Å². The summed E-state index contributed by atoms with van der Waals surface area (Å²) in [7, 11) is 0. The van der Waals surface area contributed by atoms with E-state index in [1.807, 2.05) is 30.3 Å². The van der Waals surface area contributed by atoms with Crippen LogP contribution in [0.4, 0.5) is 0 Å². The lowest BCUT2D eigenvalue weighted by atomic mass is 10.2. The molecule has 0 spiro atoms. The molecule has 0 saturated heterocycles. The number of rotatable bonds is 6. The van der Waals surface area contributed by atoms with Crippen LogP contribution in [0.3, 0.4) is 0 Å². The van der Waals surface area contributed by atoms with Crippen LogP contribution in [-0.2, 0) is 16.2 Å². The van der Waals surface area contributed by atoms with E-state index >= 15 is 0 Å². The van der Waals surface area contributed by atoms with Crippen LogP contribution >= 0.6 is 0 Å². The Morgan fingerprint density at radius 2 is 1.74 bits per heavy atom. The van der Waals surface area contributed by atoms with Crippen LogP contribution < -0.4 is 10.1 Å². The first-order chi connectivity index (χ1) is 11.0. The van der Waals surface area contributed by atoms with Gasteiger partial charge >= 0.3 is 5.97 Å². The molecule has 0 aliphatic heterocycles. The number of carbonyl (C=O) groups excluding carboxylic acids is 1. The van der Waals surface area contributed by atoms with Crippen molar-refractivity contribution in [2.75, 3.05) is 0 Å². The zero-order valence-electron chi connectivity index (χ0n) is 12.7. The number of carboxylic acids is 1. The minimum atomic E-state index is -1.19. The third kappa shape index (κ3) is 5.32. The molecule has 0 aliphatic carbocycles. The summed E-state index contributed by atoms with van der Waals surface area (Å²) in [6, 6.07) is 16.7. The number of ether oxygens (including phenoxy) is 1. The van der Waals surface area contributed by atoms with Gasteiger partial charge in [0.15, 0.2) is 0 Å². The molecule has 23 heavy (non-hydrogen) atoms. The average Bonchev–Trinajstić information content (AvgIpc) is 2.54. The number of amides is 1. The molecule has 2 N–H and O–H groups in total. The fourth-order valence-corrected chi connectivity index (χ4v) is 1.91. The molecule has 5 heteroatoms. The van der Waals surface area contributed by atoms with Crippen LogP contribution in [0, 0.1) is 0 Å². The van der Waals surface area contributed by atoms with Crippen molar-refractivity contribution in [2.45, 2.75) is 13.5 Å². The molecule has 0 atom stereocenters. The van der Waals surface area contributed by atoms with Crippen molar-refractivity contribution < 1.29 is 19.4 Å². The molecule has 0 aliphatic rings. The van der Waals surface area contributed by atoms with Gasteiger partial charge in [-0.25, -0.2) is 4.79 Å². The molecule has 0 saturated carbocycles. The number of carbonyl (C=O) groups is 2. The Morgan fingerprint density at radius 3 is 2.30 bits per heavy atom. The summed E-state index contributed by atoms with van der Waals surface area (Å²) < 4.78 is 5.66. The van der Waals surface area contributed by atoms with Crippen molar-refractivity contribution >= 4 is 18.0 Å². The lowest BCUT2D eigenvalue weighted by Crippen LogP contribution is -2.24. The predicted molar refractivity (Wildman–Crippen MR) is 86.6 cm³/mol. The Labute approximate surface area is 134 Å². The largest absolute Gasteiger partial charge is 0.489 e. The Bertz CT molecular complexity index is 706. The first-order valence-corrected chi connectivity index (χ1v) is 7.04. The summed E-state index contributed by atoms with van der Waals surface area (Å²) in [6.45, 7) is 1.72. The number of aliphatic carboxylic acids is 1. The molecule has 0 fully saturated rings. The maximum absolute atomic E-state index is 11.1. The van der Waals surface area contributed by atoms with Crippen LogP contribution in [0.2, 0.25) is 0 Å². The van der Waals surface area contributed by atoms with Gasteiger partial charge in [0, 0.05) is 6.92 Å². The van der Waals surface area contributed by atoms with Crippen molar-refractivity contribution in [3.8, 4) is 5.75 Å². The van der Waals surface area contributed by atoms with Gasteiger partial charge in [-0.05, 0) is 29.3 Å². The molecule has 0 heterocycles. The van der Waals surface area contributed by atoms with Gasteiger partial charge in [0.1, 0.15) is 18.1 Å². The second kappa shape index (κ2) is 7.79. The SMILES string of the molecule is CC(=O)N/C(=C/c1ccc(OCc2ccccc2)cc1)C(=O)O. The van der Waals surface area contributed by atoms with Crippen LogP contribution in [0.5, 0.6) is 5.75 Å². The molecule has 5 nitrogen and oxygen atoms in total. The molecule has 0 bridgehead atoms. The monoisotopic (exact) mass is 311 g/mol. The molecule has 2 rings (SSSR count). The Kier molecular flexibility index (Phi) is 5.52. The number of nitrogens with one attached hydrogen (secondary N) is 1.